The van der Waals surface area contributed by atoms with E-state index in [9.17, 15) is 18.0 Å². The van der Waals surface area contributed by atoms with E-state index >= 15 is 0 Å². The van der Waals surface area contributed by atoms with Crippen molar-refractivity contribution in [3.05, 3.63) is 24.3 Å². The van der Waals surface area contributed by atoms with Gasteiger partial charge in [0.25, 0.3) is 5.91 Å². The molecule has 1 aliphatic rings. The smallest absolute Gasteiger partial charge is 0.484 e. The molecule has 0 atom stereocenters. The van der Waals surface area contributed by atoms with Crippen LogP contribution in [-0.2, 0) is 4.79 Å². The van der Waals surface area contributed by atoms with E-state index < -0.39 is 6.36 Å². The van der Waals surface area contributed by atoms with E-state index in [1.165, 1.54) is 12.1 Å². The number of hydrogen-bond acceptors (Lipinski definition) is 4. The van der Waals surface area contributed by atoms with E-state index in [4.69, 9.17) is 4.74 Å². The average molecular weight is 318 g/mol. The molecule has 0 unspecified atom stereocenters. The molecule has 1 amide bonds. The molecule has 2 N–H and O–H groups in total. The Balaban J connectivity index is 1.80. The van der Waals surface area contributed by atoms with Crippen molar-refractivity contribution in [1.82, 2.24) is 10.6 Å². The van der Waals surface area contributed by atoms with Crippen LogP contribution in [0.5, 0.6) is 11.5 Å². The maximum Gasteiger partial charge on any atom is 0.573 e. The van der Waals surface area contributed by atoms with Crippen LogP contribution in [0.25, 0.3) is 0 Å². The Morgan fingerprint density at radius 3 is 2.64 bits per heavy atom. The molecule has 0 bridgehead atoms. The van der Waals surface area contributed by atoms with Gasteiger partial charge in [0.2, 0.25) is 0 Å². The summed E-state index contributed by atoms with van der Waals surface area (Å²) in [5.41, 5.74) is 0. The summed E-state index contributed by atoms with van der Waals surface area (Å²) >= 11 is 0. The highest BCUT2D eigenvalue weighted by Crippen LogP contribution is 2.25. The second-order valence-electron chi connectivity index (χ2n) is 4.90. The van der Waals surface area contributed by atoms with Crippen molar-refractivity contribution in [1.29, 1.82) is 0 Å². The van der Waals surface area contributed by atoms with Crippen molar-refractivity contribution in [2.24, 2.45) is 0 Å². The number of nitrogens with one attached hydrogen (secondary N) is 2. The van der Waals surface area contributed by atoms with Crippen LogP contribution in [0.4, 0.5) is 13.2 Å². The molecule has 1 heterocycles. The van der Waals surface area contributed by atoms with Crippen molar-refractivity contribution in [3.63, 3.8) is 0 Å². The van der Waals surface area contributed by atoms with Gasteiger partial charge in [0.1, 0.15) is 11.5 Å². The number of carbonyl (C=O) groups is 1. The zero-order valence-electron chi connectivity index (χ0n) is 11.8. The highest BCUT2D eigenvalue weighted by Gasteiger charge is 2.31. The topological polar surface area (TPSA) is 59.6 Å². The van der Waals surface area contributed by atoms with Crippen LogP contribution >= 0.6 is 0 Å². The minimum Gasteiger partial charge on any atom is -0.484 e. The van der Waals surface area contributed by atoms with Crippen molar-refractivity contribution in [2.45, 2.75) is 25.2 Å². The first-order valence-corrected chi connectivity index (χ1v) is 6.91. The lowest BCUT2D eigenvalue weighted by molar-refractivity contribution is -0.274. The molecule has 0 aromatic heterocycles. The van der Waals surface area contributed by atoms with Crippen molar-refractivity contribution >= 4 is 5.91 Å². The number of piperidine rings is 1. The van der Waals surface area contributed by atoms with Gasteiger partial charge < -0.3 is 20.1 Å². The van der Waals surface area contributed by atoms with Gasteiger partial charge in [-0.05, 0) is 38.1 Å². The molecule has 1 aliphatic heterocycles. The molecule has 8 heteroatoms. The number of rotatable bonds is 5. The van der Waals surface area contributed by atoms with E-state index in [-0.39, 0.29) is 30.1 Å². The lowest BCUT2D eigenvalue weighted by Gasteiger charge is -2.23. The molecule has 0 radical (unpaired) electrons. The molecule has 22 heavy (non-hydrogen) atoms. The molecule has 0 saturated carbocycles. The normalized spacial score (nSPS) is 16.1. The largest absolute Gasteiger partial charge is 0.573 e. The van der Waals surface area contributed by atoms with Crippen molar-refractivity contribution < 1.29 is 27.4 Å². The maximum atomic E-state index is 12.1. The number of carbonyl (C=O) groups excluding carboxylic acids is 1. The molecule has 1 saturated heterocycles. The Hall–Kier alpha value is -1.96. The van der Waals surface area contributed by atoms with Crippen LogP contribution in [-0.4, -0.2) is 38.0 Å². The second kappa shape index (κ2) is 7.35. The highest BCUT2D eigenvalue weighted by molar-refractivity contribution is 5.77. The quantitative estimate of drug-likeness (QED) is 0.870. The van der Waals surface area contributed by atoms with Crippen LogP contribution in [0.15, 0.2) is 24.3 Å². The van der Waals surface area contributed by atoms with Gasteiger partial charge in [-0.1, -0.05) is 6.07 Å². The molecule has 1 aromatic carbocycles. The third-order valence-electron chi connectivity index (χ3n) is 3.11. The van der Waals surface area contributed by atoms with Gasteiger partial charge in [-0.15, -0.1) is 13.2 Å². The lowest BCUT2D eigenvalue weighted by atomic mass is 10.1. The van der Waals surface area contributed by atoms with Crippen molar-refractivity contribution in [2.75, 3.05) is 19.7 Å². The Labute approximate surface area is 125 Å². The number of hydrogen-bond donors (Lipinski definition) is 2. The van der Waals surface area contributed by atoms with Gasteiger partial charge in [-0.3, -0.25) is 4.79 Å². The minimum absolute atomic E-state index is 0.109. The van der Waals surface area contributed by atoms with Crippen LogP contribution in [0.3, 0.4) is 0 Å². The summed E-state index contributed by atoms with van der Waals surface area (Å²) in [5.74, 6) is -0.542. The third kappa shape index (κ3) is 5.80. The first kappa shape index (κ1) is 16.4. The number of amides is 1. The SMILES string of the molecule is O=C(COc1cccc(OC(F)(F)F)c1)NC1CCNCC1. The van der Waals surface area contributed by atoms with Gasteiger partial charge in [0, 0.05) is 12.1 Å². The molecule has 5 nitrogen and oxygen atoms in total. The van der Waals surface area contributed by atoms with E-state index in [1.54, 1.807) is 0 Å². The van der Waals surface area contributed by atoms with Crippen LogP contribution in [0, 0.1) is 0 Å². The van der Waals surface area contributed by atoms with E-state index in [0.29, 0.717) is 0 Å². The fourth-order valence-electron chi connectivity index (χ4n) is 2.15. The summed E-state index contributed by atoms with van der Waals surface area (Å²) in [7, 11) is 0. The summed E-state index contributed by atoms with van der Waals surface area (Å²) < 4.78 is 45.3. The summed E-state index contributed by atoms with van der Waals surface area (Å²) in [5, 5.41) is 6.01. The summed E-state index contributed by atoms with van der Waals surface area (Å²) in [6.45, 7) is 1.45. The fourth-order valence-corrected chi connectivity index (χ4v) is 2.15. The van der Waals surface area contributed by atoms with Gasteiger partial charge in [-0.2, -0.15) is 0 Å². The van der Waals surface area contributed by atoms with Crippen LogP contribution in [0.2, 0.25) is 0 Å². The standard InChI is InChI=1S/C14H17F3N2O3/c15-14(16,17)22-12-3-1-2-11(8-12)21-9-13(20)19-10-4-6-18-7-5-10/h1-3,8,10,18H,4-7,9H2,(H,19,20). The predicted molar refractivity (Wildman–Crippen MR) is 72.7 cm³/mol. The molecular weight excluding hydrogens is 301 g/mol. The monoisotopic (exact) mass is 318 g/mol. The van der Waals surface area contributed by atoms with Gasteiger partial charge >= 0.3 is 6.36 Å². The fraction of sp³-hybridized carbons (Fsp3) is 0.500. The predicted octanol–water partition coefficient (Wildman–Crippen LogP) is 1.83. The zero-order valence-corrected chi connectivity index (χ0v) is 11.8. The number of alkyl halides is 3. The average Bonchev–Trinajstić information content (AvgIpc) is 2.45. The number of halogens is 3. The second-order valence-corrected chi connectivity index (χ2v) is 4.90. The Kier molecular flexibility index (Phi) is 5.48. The summed E-state index contributed by atoms with van der Waals surface area (Å²) in [6, 6.07) is 5.18. The van der Waals surface area contributed by atoms with Crippen LogP contribution < -0.4 is 20.1 Å². The minimum atomic E-state index is -4.76. The molecule has 1 aromatic rings. The molecule has 0 aliphatic carbocycles. The number of benzene rings is 1. The Bertz CT molecular complexity index is 502. The first-order chi connectivity index (χ1) is 10.4. The third-order valence-corrected chi connectivity index (χ3v) is 3.11. The summed E-state index contributed by atoms with van der Waals surface area (Å²) in [4.78, 5) is 11.7. The van der Waals surface area contributed by atoms with E-state index in [0.717, 1.165) is 38.1 Å². The lowest BCUT2D eigenvalue weighted by Crippen LogP contribution is -2.44. The Morgan fingerprint density at radius 1 is 1.27 bits per heavy atom. The van der Waals surface area contributed by atoms with E-state index in [2.05, 4.69) is 15.4 Å². The van der Waals surface area contributed by atoms with Gasteiger partial charge in [0.05, 0.1) is 0 Å². The molecule has 0 spiro atoms. The summed E-state index contributed by atoms with van der Waals surface area (Å²) in [6.07, 6.45) is -3.06. The molecule has 1 fully saturated rings. The zero-order chi connectivity index (χ0) is 16.0. The van der Waals surface area contributed by atoms with Crippen LogP contribution in [0.1, 0.15) is 12.8 Å². The van der Waals surface area contributed by atoms with Gasteiger partial charge in [-0.25, -0.2) is 0 Å². The van der Waals surface area contributed by atoms with E-state index in [1.807, 2.05) is 0 Å². The highest BCUT2D eigenvalue weighted by atomic mass is 19.4. The number of ether oxygens (including phenoxy) is 2. The Morgan fingerprint density at radius 2 is 1.95 bits per heavy atom. The molecule has 122 valence electrons. The van der Waals surface area contributed by atoms with Gasteiger partial charge in [0.15, 0.2) is 6.61 Å². The van der Waals surface area contributed by atoms with Crippen molar-refractivity contribution in [3.8, 4) is 11.5 Å². The first-order valence-electron chi connectivity index (χ1n) is 6.91. The molecular formula is C14H17F3N2O3. The molecule has 2 rings (SSSR count). The maximum absolute atomic E-state index is 12.1.